The number of carbonyl (C=O) groups excluding carboxylic acids is 2. The fraction of sp³-hybridized carbons (Fsp3) is 0.269. The molecule has 170 valence electrons. The van der Waals surface area contributed by atoms with E-state index in [0.29, 0.717) is 36.6 Å². The number of hydrogen-bond acceptors (Lipinski definition) is 5. The van der Waals surface area contributed by atoms with Gasteiger partial charge in [0.1, 0.15) is 0 Å². The van der Waals surface area contributed by atoms with Crippen molar-refractivity contribution in [1.82, 2.24) is 15.2 Å². The number of amides is 2. The van der Waals surface area contributed by atoms with Crippen LogP contribution in [0.15, 0.2) is 54.7 Å². The molecule has 0 atom stereocenters. The molecule has 4 rings (SSSR count). The molecule has 2 aromatic carbocycles. The average Bonchev–Trinajstić information content (AvgIpc) is 2.78. The average molecular weight is 444 g/mol. The molecule has 0 saturated carbocycles. The quantitative estimate of drug-likeness (QED) is 0.591. The fourth-order valence-corrected chi connectivity index (χ4v) is 3.95. The molecule has 1 aliphatic rings. The zero-order chi connectivity index (χ0) is 23.5. The van der Waals surface area contributed by atoms with Crippen molar-refractivity contribution in [2.45, 2.75) is 20.4 Å². The minimum absolute atomic E-state index is 0.00914. The lowest BCUT2D eigenvalue weighted by Gasteiger charge is -2.32. The Hall–Kier alpha value is -3.71. The molecule has 7 nitrogen and oxygen atoms in total. The molecule has 33 heavy (non-hydrogen) atoms. The van der Waals surface area contributed by atoms with E-state index in [2.05, 4.69) is 10.3 Å². The molecule has 7 heteroatoms. The largest absolute Gasteiger partial charge is 0.398 e. The summed E-state index contributed by atoms with van der Waals surface area (Å²) in [6.07, 6.45) is 1.76. The maximum absolute atomic E-state index is 13.1. The minimum Gasteiger partial charge on any atom is -0.398 e. The topological polar surface area (TPSA) is 91.6 Å². The van der Waals surface area contributed by atoms with Crippen molar-refractivity contribution in [2.24, 2.45) is 0 Å². The number of nitrogens with two attached hydrogens (primary N) is 1. The number of piperazine rings is 1. The van der Waals surface area contributed by atoms with Crippen LogP contribution < -0.4 is 16.0 Å². The Morgan fingerprint density at radius 3 is 2.61 bits per heavy atom. The number of likely N-dealkylation sites (N-methyl/N-ethyl adjacent to an activating group) is 1. The first-order chi connectivity index (χ1) is 15.8. The van der Waals surface area contributed by atoms with Gasteiger partial charge in [-0.25, -0.2) is 0 Å². The van der Waals surface area contributed by atoms with Gasteiger partial charge in [0, 0.05) is 54.0 Å². The van der Waals surface area contributed by atoms with E-state index in [4.69, 9.17) is 5.73 Å². The van der Waals surface area contributed by atoms with E-state index in [1.807, 2.05) is 68.3 Å². The molecular formula is C26H29N5O2. The van der Waals surface area contributed by atoms with Crippen LogP contribution >= 0.6 is 0 Å². The van der Waals surface area contributed by atoms with Crippen molar-refractivity contribution < 1.29 is 9.59 Å². The van der Waals surface area contributed by atoms with Crippen LogP contribution in [-0.2, 0) is 11.3 Å². The Bertz CT molecular complexity index is 1190. The number of pyridine rings is 1. The molecule has 1 aromatic heterocycles. The van der Waals surface area contributed by atoms with E-state index >= 15 is 0 Å². The van der Waals surface area contributed by atoms with Crippen molar-refractivity contribution in [1.29, 1.82) is 0 Å². The van der Waals surface area contributed by atoms with Gasteiger partial charge in [-0.05, 0) is 67.9 Å². The molecule has 0 spiro atoms. The van der Waals surface area contributed by atoms with Gasteiger partial charge in [-0.3, -0.25) is 19.5 Å². The fourth-order valence-electron chi connectivity index (χ4n) is 3.95. The number of nitrogens with zero attached hydrogens (tertiary/aromatic N) is 3. The Morgan fingerprint density at radius 2 is 1.91 bits per heavy atom. The predicted molar refractivity (Wildman–Crippen MR) is 131 cm³/mol. The van der Waals surface area contributed by atoms with E-state index in [1.165, 1.54) is 0 Å². The molecule has 2 heterocycles. The summed E-state index contributed by atoms with van der Waals surface area (Å²) in [6.45, 7) is 5.96. The van der Waals surface area contributed by atoms with Gasteiger partial charge in [-0.1, -0.05) is 18.2 Å². The molecular weight excluding hydrogens is 414 g/mol. The standard InChI is InChI=1S/C26H29N5O2/c1-17-4-7-23(24(27)10-17)20-11-21(26(33)29-15-19-6-5-18(2)28-14-19)13-22(12-20)31-9-8-30(3)16-25(31)32/h4-7,10-14H,8-9,15-16,27H2,1-3H3,(H,29,33). The van der Waals surface area contributed by atoms with E-state index in [1.54, 1.807) is 17.2 Å². The van der Waals surface area contributed by atoms with Crippen molar-refractivity contribution in [3.05, 3.63) is 77.1 Å². The number of aromatic nitrogens is 1. The van der Waals surface area contributed by atoms with Crippen LogP contribution in [0.5, 0.6) is 0 Å². The number of anilines is 2. The summed E-state index contributed by atoms with van der Waals surface area (Å²) in [4.78, 5) is 33.8. The van der Waals surface area contributed by atoms with Crippen LogP contribution in [0.1, 0.15) is 27.2 Å². The second-order valence-corrected chi connectivity index (χ2v) is 8.63. The number of aryl methyl sites for hydroxylation is 2. The second-order valence-electron chi connectivity index (χ2n) is 8.63. The zero-order valence-electron chi connectivity index (χ0n) is 19.3. The van der Waals surface area contributed by atoms with Gasteiger partial charge in [-0.15, -0.1) is 0 Å². The Morgan fingerprint density at radius 1 is 1.09 bits per heavy atom. The third-order valence-corrected chi connectivity index (χ3v) is 5.85. The molecule has 3 aromatic rings. The van der Waals surface area contributed by atoms with Gasteiger partial charge >= 0.3 is 0 Å². The highest BCUT2D eigenvalue weighted by Gasteiger charge is 2.24. The highest BCUT2D eigenvalue weighted by atomic mass is 16.2. The molecule has 0 radical (unpaired) electrons. The maximum Gasteiger partial charge on any atom is 0.251 e. The number of benzene rings is 2. The third-order valence-electron chi connectivity index (χ3n) is 5.85. The number of nitrogen functional groups attached to an aromatic ring is 1. The lowest BCUT2D eigenvalue weighted by Crippen LogP contribution is -2.49. The van der Waals surface area contributed by atoms with E-state index in [0.717, 1.165) is 34.5 Å². The van der Waals surface area contributed by atoms with E-state index in [9.17, 15) is 9.59 Å². The van der Waals surface area contributed by atoms with Gasteiger partial charge in [0.2, 0.25) is 5.91 Å². The van der Waals surface area contributed by atoms with Gasteiger partial charge in [0.05, 0.1) is 6.54 Å². The molecule has 0 unspecified atom stereocenters. The van der Waals surface area contributed by atoms with Crippen LogP contribution in [0.25, 0.3) is 11.1 Å². The highest BCUT2D eigenvalue weighted by molar-refractivity contribution is 6.01. The summed E-state index contributed by atoms with van der Waals surface area (Å²) >= 11 is 0. The van der Waals surface area contributed by atoms with Crippen molar-refractivity contribution in [2.75, 3.05) is 37.3 Å². The third kappa shape index (κ3) is 5.21. The zero-order valence-corrected chi connectivity index (χ0v) is 19.3. The molecule has 0 bridgehead atoms. The monoisotopic (exact) mass is 443 g/mol. The number of hydrogen-bond donors (Lipinski definition) is 2. The highest BCUT2D eigenvalue weighted by Crippen LogP contribution is 2.32. The van der Waals surface area contributed by atoms with Crippen LogP contribution in [-0.4, -0.2) is 48.4 Å². The first kappa shape index (κ1) is 22.5. The first-order valence-electron chi connectivity index (χ1n) is 11.0. The summed E-state index contributed by atoms with van der Waals surface area (Å²) in [5.74, 6) is -0.208. The van der Waals surface area contributed by atoms with Gasteiger partial charge in [-0.2, -0.15) is 0 Å². The molecule has 1 fully saturated rings. The predicted octanol–water partition coefficient (Wildman–Crippen LogP) is 3.16. The molecule has 0 aliphatic carbocycles. The minimum atomic E-state index is -0.217. The summed E-state index contributed by atoms with van der Waals surface area (Å²) in [6, 6.07) is 15.3. The summed E-state index contributed by atoms with van der Waals surface area (Å²) in [5.41, 5.74) is 12.7. The summed E-state index contributed by atoms with van der Waals surface area (Å²) < 4.78 is 0. The maximum atomic E-state index is 13.1. The van der Waals surface area contributed by atoms with Gasteiger partial charge < -0.3 is 16.0 Å². The number of nitrogens with one attached hydrogen (secondary N) is 1. The van der Waals surface area contributed by atoms with Gasteiger partial charge in [0.15, 0.2) is 0 Å². The summed E-state index contributed by atoms with van der Waals surface area (Å²) in [5, 5.41) is 2.96. The van der Waals surface area contributed by atoms with Crippen LogP contribution in [0.3, 0.4) is 0 Å². The number of carbonyl (C=O) groups is 2. The lowest BCUT2D eigenvalue weighted by molar-refractivity contribution is -0.120. The summed E-state index contributed by atoms with van der Waals surface area (Å²) in [7, 11) is 1.93. The first-order valence-corrected chi connectivity index (χ1v) is 11.0. The van der Waals surface area contributed by atoms with Crippen molar-refractivity contribution in [3.8, 4) is 11.1 Å². The number of rotatable bonds is 5. The van der Waals surface area contributed by atoms with Crippen LogP contribution in [0.4, 0.5) is 11.4 Å². The van der Waals surface area contributed by atoms with Gasteiger partial charge in [0.25, 0.3) is 5.91 Å². The van der Waals surface area contributed by atoms with Crippen molar-refractivity contribution in [3.63, 3.8) is 0 Å². The Kier molecular flexibility index (Phi) is 6.42. The molecule has 3 N–H and O–H groups in total. The Labute approximate surface area is 194 Å². The molecule has 2 amide bonds. The van der Waals surface area contributed by atoms with Crippen LogP contribution in [0.2, 0.25) is 0 Å². The second kappa shape index (κ2) is 9.42. The molecule has 1 aliphatic heterocycles. The molecule has 1 saturated heterocycles. The van der Waals surface area contributed by atoms with E-state index < -0.39 is 0 Å². The van der Waals surface area contributed by atoms with E-state index in [-0.39, 0.29) is 11.8 Å². The SMILES string of the molecule is Cc1ccc(-c2cc(C(=O)NCc3ccc(C)nc3)cc(N3CCN(C)CC3=O)c2)c(N)c1. The smallest absolute Gasteiger partial charge is 0.251 e. The van der Waals surface area contributed by atoms with Crippen molar-refractivity contribution >= 4 is 23.2 Å². The lowest BCUT2D eigenvalue weighted by atomic mass is 9.98. The normalized spacial score (nSPS) is 14.4. The Balaban J connectivity index is 1.68. The van der Waals surface area contributed by atoms with Crippen LogP contribution in [0, 0.1) is 13.8 Å².